The Morgan fingerprint density at radius 3 is 2.08 bits per heavy atom. The van der Waals surface area contributed by atoms with Gasteiger partial charge in [-0.15, -0.1) is 0 Å². The van der Waals surface area contributed by atoms with Crippen LogP contribution >= 0.6 is 11.8 Å². The molecule has 2 fully saturated rings. The van der Waals surface area contributed by atoms with Crippen LogP contribution in [-0.4, -0.2) is 11.5 Å². The number of thioether (sulfide) groups is 1. The first-order chi connectivity index (χ1) is 5.66. The van der Waals surface area contributed by atoms with E-state index in [2.05, 4.69) is 38.8 Å². The van der Waals surface area contributed by atoms with E-state index >= 15 is 0 Å². The van der Waals surface area contributed by atoms with Crippen LogP contribution < -0.4 is 0 Å². The van der Waals surface area contributed by atoms with Crippen LogP contribution in [0.15, 0.2) is 0 Å². The van der Waals surface area contributed by atoms with Crippen LogP contribution in [-0.2, 0) is 0 Å². The van der Waals surface area contributed by atoms with E-state index in [0.717, 1.165) is 34.8 Å². The number of rotatable bonds is 1. The molecule has 0 amide bonds. The van der Waals surface area contributed by atoms with Gasteiger partial charge in [-0.2, -0.15) is 11.8 Å². The molecular weight excluding hydrogens is 164 g/mol. The highest BCUT2D eigenvalue weighted by Gasteiger charge is 2.53. The lowest BCUT2D eigenvalue weighted by atomic mass is 9.81. The maximum Gasteiger partial charge on any atom is 0.00806 e. The molecule has 0 aromatic rings. The molecule has 2 saturated carbocycles. The molecule has 0 heterocycles. The first kappa shape index (κ1) is 8.93. The summed E-state index contributed by atoms with van der Waals surface area (Å²) >= 11 is 2.11. The molecule has 70 valence electrons. The van der Waals surface area contributed by atoms with Crippen molar-refractivity contribution in [2.75, 3.05) is 6.26 Å². The topological polar surface area (TPSA) is 0 Å². The van der Waals surface area contributed by atoms with Gasteiger partial charge < -0.3 is 0 Å². The molecule has 1 heteroatoms. The minimum Gasteiger partial charge on any atom is -0.162 e. The van der Waals surface area contributed by atoms with Crippen molar-refractivity contribution in [3.63, 3.8) is 0 Å². The fraction of sp³-hybridized carbons (Fsp3) is 1.00. The average Bonchev–Trinajstić information content (AvgIpc) is 2.47. The van der Waals surface area contributed by atoms with E-state index in [4.69, 9.17) is 0 Å². The first-order valence-corrected chi connectivity index (χ1v) is 6.48. The van der Waals surface area contributed by atoms with Gasteiger partial charge in [-0.25, -0.2) is 0 Å². The van der Waals surface area contributed by atoms with Crippen LogP contribution in [0.4, 0.5) is 0 Å². The Morgan fingerprint density at radius 1 is 1.00 bits per heavy atom. The third-order valence-electron chi connectivity index (χ3n) is 4.63. The van der Waals surface area contributed by atoms with Gasteiger partial charge in [0.1, 0.15) is 0 Å². The fourth-order valence-electron chi connectivity index (χ4n) is 3.77. The van der Waals surface area contributed by atoms with Gasteiger partial charge in [0.2, 0.25) is 0 Å². The van der Waals surface area contributed by atoms with E-state index in [1.165, 1.54) is 6.42 Å². The van der Waals surface area contributed by atoms with Crippen molar-refractivity contribution < 1.29 is 0 Å². The molecule has 2 aliphatic carbocycles. The predicted molar refractivity (Wildman–Crippen MR) is 56.4 cm³/mol. The molecule has 0 radical (unpaired) electrons. The summed E-state index contributed by atoms with van der Waals surface area (Å²) in [6.45, 7) is 7.40. The van der Waals surface area contributed by atoms with Crippen molar-refractivity contribution >= 4 is 11.8 Å². The van der Waals surface area contributed by atoms with Crippen molar-refractivity contribution in [3.05, 3.63) is 0 Å². The van der Waals surface area contributed by atoms with Gasteiger partial charge in [-0.05, 0) is 42.3 Å². The molecule has 0 N–H and O–H groups in total. The zero-order valence-corrected chi connectivity index (χ0v) is 9.40. The largest absolute Gasteiger partial charge is 0.162 e. The van der Waals surface area contributed by atoms with Crippen LogP contribution in [0.2, 0.25) is 0 Å². The minimum atomic E-state index is 0.983. The van der Waals surface area contributed by atoms with E-state index in [1.807, 2.05) is 0 Å². The summed E-state index contributed by atoms with van der Waals surface area (Å²) in [4.78, 5) is 0. The Labute approximate surface area is 80.5 Å². The third-order valence-corrected chi connectivity index (χ3v) is 5.74. The second-order valence-electron chi connectivity index (χ2n) is 4.83. The molecule has 12 heavy (non-hydrogen) atoms. The van der Waals surface area contributed by atoms with Crippen LogP contribution in [0.5, 0.6) is 0 Å². The van der Waals surface area contributed by atoms with Gasteiger partial charge >= 0.3 is 0 Å². The molecule has 2 aliphatic rings. The Morgan fingerprint density at radius 2 is 1.67 bits per heavy atom. The summed E-state index contributed by atoms with van der Waals surface area (Å²) in [5.41, 5.74) is 0. The normalized spacial score (nSPS) is 58.0. The first-order valence-electron chi connectivity index (χ1n) is 5.19. The van der Waals surface area contributed by atoms with E-state index in [-0.39, 0.29) is 0 Å². The Kier molecular flexibility index (Phi) is 2.18. The highest BCUT2D eigenvalue weighted by molar-refractivity contribution is 7.99. The zero-order valence-electron chi connectivity index (χ0n) is 8.58. The molecule has 0 nitrogen and oxygen atoms in total. The highest BCUT2D eigenvalue weighted by Crippen LogP contribution is 2.58. The highest BCUT2D eigenvalue weighted by atomic mass is 32.2. The summed E-state index contributed by atoms with van der Waals surface area (Å²) in [5, 5.41) is 0.983. The Hall–Kier alpha value is 0.350. The monoisotopic (exact) mass is 184 g/mol. The van der Waals surface area contributed by atoms with Gasteiger partial charge in [0.25, 0.3) is 0 Å². The summed E-state index contributed by atoms with van der Waals surface area (Å²) in [7, 11) is 0. The number of hydrogen-bond donors (Lipinski definition) is 0. The van der Waals surface area contributed by atoms with E-state index in [0.29, 0.717) is 0 Å². The van der Waals surface area contributed by atoms with E-state index in [1.54, 1.807) is 0 Å². The Bertz CT molecular complexity index is 171. The molecule has 2 rings (SSSR count). The molecule has 4 unspecified atom stereocenters. The smallest absolute Gasteiger partial charge is 0.00806 e. The van der Waals surface area contributed by atoms with Gasteiger partial charge in [0.05, 0.1) is 0 Å². The second-order valence-corrected chi connectivity index (χ2v) is 5.91. The van der Waals surface area contributed by atoms with E-state index in [9.17, 15) is 0 Å². The van der Waals surface area contributed by atoms with E-state index < -0.39 is 0 Å². The fourth-order valence-corrected chi connectivity index (χ4v) is 4.99. The lowest BCUT2D eigenvalue weighted by molar-refractivity contribution is 0.266. The standard InChI is InChI=1S/C11H20S/c1-6-7(2)11-8(3)9(6)5-10(11)12-4/h6-11H,5H2,1-4H3/t6?,7-,8-,9?,10?,11?/m1/s1. The summed E-state index contributed by atoms with van der Waals surface area (Å²) < 4.78 is 0. The van der Waals surface area contributed by atoms with Gasteiger partial charge in [-0.3, -0.25) is 0 Å². The third kappa shape index (κ3) is 0.982. The maximum atomic E-state index is 2.48. The molecule has 0 spiro atoms. The van der Waals surface area contributed by atoms with Gasteiger partial charge in [-0.1, -0.05) is 20.8 Å². The zero-order chi connectivity index (χ0) is 8.88. The van der Waals surface area contributed by atoms with Crippen molar-refractivity contribution in [1.82, 2.24) is 0 Å². The second kappa shape index (κ2) is 2.94. The number of fused-ring (bicyclic) bond motifs is 2. The van der Waals surface area contributed by atoms with Crippen LogP contribution in [0.25, 0.3) is 0 Å². The van der Waals surface area contributed by atoms with Crippen molar-refractivity contribution in [2.24, 2.45) is 29.6 Å². The van der Waals surface area contributed by atoms with Crippen molar-refractivity contribution in [2.45, 2.75) is 32.4 Å². The van der Waals surface area contributed by atoms with Crippen LogP contribution in [0.3, 0.4) is 0 Å². The summed E-state index contributed by atoms with van der Waals surface area (Å²) in [6.07, 6.45) is 3.79. The molecule has 6 atom stereocenters. The Balaban J connectivity index is 2.18. The summed E-state index contributed by atoms with van der Waals surface area (Å²) in [6, 6.07) is 0. The number of hydrogen-bond acceptors (Lipinski definition) is 1. The molecular formula is C11H20S. The van der Waals surface area contributed by atoms with Gasteiger partial charge in [0, 0.05) is 5.25 Å². The van der Waals surface area contributed by atoms with Crippen molar-refractivity contribution in [1.29, 1.82) is 0 Å². The summed E-state index contributed by atoms with van der Waals surface area (Å²) in [5.74, 6) is 5.06. The lowest BCUT2D eigenvalue weighted by Crippen LogP contribution is -2.26. The van der Waals surface area contributed by atoms with Crippen molar-refractivity contribution in [3.8, 4) is 0 Å². The molecule has 0 saturated heterocycles. The minimum absolute atomic E-state index is 0.983. The molecule has 0 aliphatic heterocycles. The SMILES string of the molecule is CSC1CC2C(C)[C@@H](C)C1[C@@H]2C. The average molecular weight is 184 g/mol. The van der Waals surface area contributed by atoms with Crippen LogP contribution in [0, 0.1) is 29.6 Å². The quantitative estimate of drug-likeness (QED) is 0.602. The van der Waals surface area contributed by atoms with Gasteiger partial charge in [0.15, 0.2) is 0 Å². The lowest BCUT2D eigenvalue weighted by Gasteiger charge is -2.30. The van der Waals surface area contributed by atoms with Crippen LogP contribution in [0.1, 0.15) is 27.2 Å². The predicted octanol–water partition coefficient (Wildman–Crippen LogP) is 3.28. The molecule has 0 aromatic heterocycles. The molecule has 0 aromatic carbocycles. The molecule has 2 bridgehead atoms. The maximum absolute atomic E-state index is 2.48.